The average Bonchev–Trinajstić information content (AvgIpc) is 2.53. The van der Waals surface area contributed by atoms with E-state index in [2.05, 4.69) is 5.32 Å². The molecule has 1 aromatic carbocycles. The van der Waals surface area contributed by atoms with Crippen molar-refractivity contribution in [1.29, 1.82) is 0 Å². The third kappa shape index (κ3) is 3.62. The quantitative estimate of drug-likeness (QED) is 0.825. The zero-order valence-corrected chi connectivity index (χ0v) is 10.7. The Labute approximate surface area is 110 Å². The summed E-state index contributed by atoms with van der Waals surface area (Å²) in [6, 6.07) is 1.26. The largest absolute Gasteiger partial charge is 0.388 e. The van der Waals surface area contributed by atoms with Gasteiger partial charge in [0.2, 0.25) is 0 Å². The molecule has 0 radical (unpaired) electrons. The summed E-state index contributed by atoms with van der Waals surface area (Å²) in [4.78, 5) is 0. The van der Waals surface area contributed by atoms with Crippen molar-refractivity contribution in [3.05, 3.63) is 29.6 Å². The summed E-state index contributed by atoms with van der Waals surface area (Å²) < 4.78 is 39.7. The van der Waals surface area contributed by atoms with E-state index in [0.717, 1.165) is 25.7 Å². The summed E-state index contributed by atoms with van der Waals surface area (Å²) in [6.45, 7) is 0.0759. The fourth-order valence-electron chi connectivity index (χ4n) is 2.53. The molecule has 0 unspecified atom stereocenters. The lowest BCUT2D eigenvalue weighted by molar-refractivity contribution is 0.0380. The van der Waals surface area contributed by atoms with Crippen LogP contribution in [0.5, 0.6) is 0 Å². The zero-order valence-electron chi connectivity index (χ0n) is 10.7. The molecule has 1 fully saturated rings. The highest BCUT2D eigenvalue weighted by Gasteiger charge is 2.28. The van der Waals surface area contributed by atoms with Crippen LogP contribution in [-0.4, -0.2) is 17.3 Å². The van der Waals surface area contributed by atoms with Gasteiger partial charge in [-0.3, -0.25) is 0 Å². The number of halogens is 3. The van der Waals surface area contributed by atoms with Crippen molar-refractivity contribution in [3.63, 3.8) is 0 Å². The van der Waals surface area contributed by atoms with Crippen LogP contribution in [0.4, 0.5) is 18.9 Å². The summed E-state index contributed by atoms with van der Waals surface area (Å²) >= 11 is 0. The van der Waals surface area contributed by atoms with E-state index in [0.29, 0.717) is 25.0 Å². The summed E-state index contributed by atoms with van der Waals surface area (Å²) in [5.74, 6) is -2.90. The molecule has 0 bridgehead atoms. The van der Waals surface area contributed by atoms with Crippen LogP contribution in [0.1, 0.15) is 38.5 Å². The van der Waals surface area contributed by atoms with E-state index in [4.69, 9.17) is 0 Å². The molecule has 0 amide bonds. The molecule has 2 rings (SSSR count). The minimum absolute atomic E-state index is 0.0759. The van der Waals surface area contributed by atoms with Crippen LogP contribution < -0.4 is 5.32 Å². The van der Waals surface area contributed by atoms with Crippen LogP contribution in [-0.2, 0) is 0 Å². The summed E-state index contributed by atoms with van der Waals surface area (Å²) in [5, 5.41) is 12.9. The van der Waals surface area contributed by atoms with Gasteiger partial charge in [-0.05, 0) is 12.8 Å². The van der Waals surface area contributed by atoms with E-state index >= 15 is 0 Å². The van der Waals surface area contributed by atoms with Gasteiger partial charge >= 0.3 is 0 Å². The first-order valence-electron chi connectivity index (χ1n) is 6.61. The molecule has 19 heavy (non-hydrogen) atoms. The van der Waals surface area contributed by atoms with Crippen molar-refractivity contribution in [2.45, 2.75) is 44.1 Å². The van der Waals surface area contributed by atoms with Crippen LogP contribution in [0.25, 0.3) is 0 Å². The Morgan fingerprint density at radius 2 is 1.53 bits per heavy atom. The lowest BCUT2D eigenvalue weighted by Crippen LogP contribution is -2.36. The number of nitrogens with one attached hydrogen (secondary N) is 1. The molecule has 0 atom stereocenters. The SMILES string of the molecule is OC1(CNc2c(F)cc(F)cc2F)CCCCCC1. The second-order valence-corrected chi connectivity index (χ2v) is 5.24. The fraction of sp³-hybridized carbons (Fsp3) is 0.571. The molecule has 0 spiro atoms. The minimum Gasteiger partial charge on any atom is -0.388 e. The van der Waals surface area contributed by atoms with Crippen molar-refractivity contribution in [2.75, 3.05) is 11.9 Å². The van der Waals surface area contributed by atoms with Crippen LogP contribution in [0.15, 0.2) is 12.1 Å². The Hall–Kier alpha value is -1.23. The molecular formula is C14H18F3NO. The van der Waals surface area contributed by atoms with E-state index in [1.165, 1.54) is 0 Å². The predicted molar refractivity (Wildman–Crippen MR) is 67.5 cm³/mol. The van der Waals surface area contributed by atoms with Gasteiger partial charge in [0.15, 0.2) is 11.6 Å². The van der Waals surface area contributed by atoms with Crippen LogP contribution in [0, 0.1) is 17.5 Å². The standard InChI is InChI=1S/C14H18F3NO/c15-10-7-11(16)13(12(17)8-10)18-9-14(19)5-3-1-2-4-6-14/h7-8,18-19H,1-6,9H2. The van der Waals surface area contributed by atoms with Crippen molar-refractivity contribution in [3.8, 4) is 0 Å². The van der Waals surface area contributed by atoms with E-state index in [9.17, 15) is 18.3 Å². The number of hydrogen-bond donors (Lipinski definition) is 2. The first-order chi connectivity index (χ1) is 9.00. The zero-order chi connectivity index (χ0) is 13.9. The molecule has 5 heteroatoms. The maximum Gasteiger partial charge on any atom is 0.152 e. The van der Waals surface area contributed by atoms with Crippen molar-refractivity contribution in [1.82, 2.24) is 0 Å². The van der Waals surface area contributed by atoms with Gasteiger partial charge in [0.25, 0.3) is 0 Å². The monoisotopic (exact) mass is 273 g/mol. The average molecular weight is 273 g/mol. The third-order valence-electron chi connectivity index (χ3n) is 3.64. The van der Waals surface area contributed by atoms with E-state index in [1.807, 2.05) is 0 Å². The minimum atomic E-state index is -0.977. The van der Waals surface area contributed by atoms with E-state index in [-0.39, 0.29) is 12.2 Å². The molecule has 2 N–H and O–H groups in total. The highest BCUT2D eigenvalue weighted by atomic mass is 19.1. The van der Waals surface area contributed by atoms with Crippen molar-refractivity contribution < 1.29 is 18.3 Å². The lowest BCUT2D eigenvalue weighted by atomic mass is 9.94. The first kappa shape index (κ1) is 14.2. The molecule has 0 heterocycles. The summed E-state index contributed by atoms with van der Waals surface area (Å²) in [7, 11) is 0. The first-order valence-corrected chi connectivity index (χ1v) is 6.61. The predicted octanol–water partition coefficient (Wildman–Crippen LogP) is 3.60. The van der Waals surface area contributed by atoms with Gasteiger partial charge in [-0.25, -0.2) is 13.2 Å². The van der Waals surface area contributed by atoms with Gasteiger partial charge < -0.3 is 10.4 Å². The topological polar surface area (TPSA) is 32.3 Å². The summed E-state index contributed by atoms with van der Waals surface area (Å²) in [6.07, 6.45) is 5.19. The number of rotatable bonds is 3. The lowest BCUT2D eigenvalue weighted by Gasteiger charge is -2.27. The molecule has 2 nitrogen and oxygen atoms in total. The van der Waals surface area contributed by atoms with Crippen LogP contribution in [0.3, 0.4) is 0 Å². The second-order valence-electron chi connectivity index (χ2n) is 5.24. The smallest absolute Gasteiger partial charge is 0.152 e. The van der Waals surface area contributed by atoms with Gasteiger partial charge in [-0.2, -0.15) is 0 Å². The summed E-state index contributed by atoms with van der Waals surface area (Å²) in [5.41, 5.74) is -1.32. The fourth-order valence-corrected chi connectivity index (χ4v) is 2.53. The molecule has 106 valence electrons. The molecule has 1 aliphatic carbocycles. The van der Waals surface area contributed by atoms with Crippen molar-refractivity contribution >= 4 is 5.69 Å². The Kier molecular flexibility index (Phi) is 4.34. The van der Waals surface area contributed by atoms with Gasteiger partial charge in [0, 0.05) is 18.7 Å². The van der Waals surface area contributed by atoms with E-state index in [1.54, 1.807) is 0 Å². The molecule has 1 aliphatic rings. The van der Waals surface area contributed by atoms with Gasteiger partial charge in [-0.1, -0.05) is 25.7 Å². The molecule has 0 aromatic heterocycles. The second kappa shape index (κ2) is 5.82. The van der Waals surface area contributed by atoms with Crippen molar-refractivity contribution in [2.24, 2.45) is 0 Å². The third-order valence-corrected chi connectivity index (χ3v) is 3.64. The van der Waals surface area contributed by atoms with Crippen LogP contribution >= 0.6 is 0 Å². The number of benzene rings is 1. The Morgan fingerprint density at radius 3 is 2.05 bits per heavy atom. The van der Waals surface area contributed by atoms with Crippen LogP contribution in [0.2, 0.25) is 0 Å². The van der Waals surface area contributed by atoms with Gasteiger partial charge in [-0.15, -0.1) is 0 Å². The molecule has 1 aromatic rings. The maximum absolute atomic E-state index is 13.4. The maximum atomic E-state index is 13.4. The molecule has 1 saturated carbocycles. The highest BCUT2D eigenvalue weighted by molar-refractivity contribution is 5.46. The molecule has 0 saturated heterocycles. The number of hydrogen-bond acceptors (Lipinski definition) is 2. The molecule has 0 aliphatic heterocycles. The Balaban J connectivity index is 2.05. The van der Waals surface area contributed by atoms with Gasteiger partial charge in [0.1, 0.15) is 11.5 Å². The highest BCUT2D eigenvalue weighted by Crippen LogP contribution is 2.28. The van der Waals surface area contributed by atoms with Gasteiger partial charge in [0.05, 0.1) is 5.60 Å². The number of anilines is 1. The molecular weight excluding hydrogens is 255 g/mol. The van der Waals surface area contributed by atoms with E-state index < -0.39 is 23.1 Å². The normalized spacial score (nSPS) is 18.9. The number of aliphatic hydroxyl groups is 1. The Morgan fingerprint density at radius 1 is 1.00 bits per heavy atom. The Bertz CT molecular complexity index is 419.